The van der Waals surface area contributed by atoms with Gasteiger partial charge in [0, 0.05) is 17.2 Å². The van der Waals surface area contributed by atoms with Crippen LogP contribution in [0.1, 0.15) is 12.8 Å². The highest BCUT2D eigenvalue weighted by molar-refractivity contribution is 7.98. The summed E-state index contributed by atoms with van der Waals surface area (Å²) < 4.78 is 16.3. The third kappa shape index (κ3) is 4.03. The second kappa shape index (κ2) is 7.74. The third-order valence-corrected chi connectivity index (χ3v) is 5.16. The highest BCUT2D eigenvalue weighted by Gasteiger charge is 2.50. The Morgan fingerprint density at radius 1 is 1.33 bits per heavy atom. The molecule has 0 bridgehead atoms. The molecule has 7 heteroatoms. The molecule has 1 aromatic rings. The Kier molecular flexibility index (Phi) is 5.65. The number of fused-ring (bicyclic) bond motifs is 1. The lowest BCUT2D eigenvalue weighted by molar-refractivity contribution is -0.142. The lowest BCUT2D eigenvalue weighted by atomic mass is 10.0. The maximum Gasteiger partial charge on any atom is 0.306 e. The zero-order chi connectivity index (χ0) is 17.1. The Morgan fingerprint density at radius 2 is 2.08 bits per heavy atom. The van der Waals surface area contributed by atoms with E-state index in [0.717, 1.165) is 4.90 Å². The number of rotatable bonds is 7. The fraction of sp³-hybridized carbons (Fsp3) is 0.588. The van der Waals surface area contributed by atoms with Crippen molar-refractivity contribution in [3.63, 3.8) is 0 Å². The molecule has 1 aromatic carbocycles. The van der Waals surface area contributed by atoms with E-state index in [4.69, 9.17) is 14.2 Å². The number of thioether (sulfide) groups is 1. The van der Waals surface area contributed by atoms with Crippen molar-refractivity contribution in [2.75, 3.05) is 19.5 Å². The summed E-state index contributed by atoms with van der Waals surface area (Å²) in [5, 5.41) is 20.0. The quantitative estimate of drug-likeness (QED) is 0.563. The fourth-order valence-electron chi connectivity index (χ4n) is 3.21. The van der Waals surface area contributed by atoms with Crippen LogP contribution in [0.15, 0.2) is 29.2 Å². The number of esters is 1. The molecule has 0 spiro atoms. The van der Waals surface area contributed by atoms with Crippen LogP contribution in [0, 0.1) is 5.92 Å². The van der Waals surface area contributed by atoms with E-state index < -0.39 is 18.3 Å². The minimum atomic E-state index is -0.811. The monoisotopic (exact) mass is 354 g/mol. The van der Waals surface area contributed by atoms with E-state index in [1.54, 1.807) is 11.8 Å². The standard InChI is InChI=1S/C17H22O6S/c1-24-12-4-2-11(3-5-12)21-8-10(18)9-22-17-13-6-16(20)23-15(13)7-14(17)19/h2-5,10,13-15,17-19H,6-9H2,1H3/t10?,13-,14+,15-,17+/m1/s1. The Hall–Kier alpha value is -1.28. The van der Waals surface area contributed by atoms with Gasteiger partial charge >= 0.3 is 5.97 Å². The molecular formula is C17H22O6S. The first-order valence-electron chi connectivity index (χ1n) is 8.01. The second-order valence-electron chi connectivity index (χ2n) is 6.14. The molecule has 1 aliphatic carbocycles. The summed E-state index contributed by atoms with van der Waals surface area (Å²) in [6.45, 7) is 0.146. The fourth-order valence-corrected chi connectivity index (χ4v) is 3.61. The van der Waals surface area contributed by atoms with Crippen LogP contribution in [0.4, 0.5) is 0 Å². The summed E-state index contributed by atoms with van der Waals surface area (Å²) in [7, 11) is 0. The average molecular weight is 354 g/mol. The van der Waals surface area contributed by atoms with Crippen molar-refractivity contribution in [3.05, 3.63) is 24.3 Å². The highest BCUT2D eigenvalue weighted by atomic mass is 32.2. The van der Waals surface area contributed by atoms with Gasteiger partial charge in [-0.05, 0) is 30.5 Å². The zero-order valence-electron chi connectivity index (χ0n) is 13.5. The molecule has 2 N–H and O–H groups in total. The minimum absolute atomic E-state index is 0.0437. The third-order valence-electron chi connectivity index (χ3n) is 4.42. The van der Waals surface area contributed by atoms with Crippen LogP contribution in [0.2, 0.25) is 0 Å². The Morgan fingerprint density at radius 3 is 2.79 bits per heavy atom. The van der Waals surface area contributed by atoms with E-state index in [-0.39, 0.29) is 37.6 Å². The topological polar surface area (TPSA) is 85.2 Å². The highest BCUT2D eigenvalue weighted by Crippen LogP contribution is 2.38. The van der Waals surface area contributed by atoms with Gasteiger partial charge in [0.25, 0.3) is 0 Å². The molecule has 1 saturated carbocycles. The second-order valence-corrected chi connectivity index (χ2v) is 7.02. The van der Waals surface area contributed by atoms with Gasteiger partial charge in [0.05, 0.1) is 25.2 Å². The number of ether oxygens (including phenoxy) is 3. The predicted molar refractivity (Wildman–Crippen MR) is 88.1 cm³/mol. The molecule has 1 aliphatic heterocycles. The smallest absolute Gasteiger partial charge is 0.306 e. The summed E-state index contributed by atoms with van der Waals surface area (Å²) in [4.78, 5) is 12.5. The molecule has 6 nitrogen and oxygen atoms in total. The van der Waals surface area contributed by atoms with Crippen molar-refractivity contribution < 1.29 is 29.2 Å². The largest absolute Gasteiger partial charge is 0.491 e. The minimum Gasteiger partial charge on any atom is -0.491 e. The van der Waals surface area contributed by atoms with Crippen molar-refractivity contribution in [1.82, 2.24) is 0 Å². The summed E-state index contributed by atoms with van der Waals surface area (Å²) in [5.74, 6) is 0.311. The van der Waals surface area contributed by atoms with Gasteiger partial charge in [-0.25, -0.2) is 0 Å². The normalized spacial score (nSPS) is 30.0. The van der Waals surface area contributed by atoms with Crippen LogP contribution in [-0.2, 0) is 14.3 Å². The molecule has 0 radical (unpaired) electrons. The van der Waals surface area contributed by atoms with Crippen molar-refractivity contribution in [2.45, 2.75) is 42.2 Å². The van der Waals surface area contributed by atoms with Gasteiger partial charge in [0.2, 0.25) is 0 Å². The maximum atomic E-state index is 11.3. The van der Waals surface area contributed by atoms with Crippen molar-refractivity contribution in [2.24, 2.45) is 5.92 Å². The van der Waals surface area contributed by atoms with Crippen LogP contribution in [-0.4, -0.2) is 60.1 Å². The zero-order valence-corrected chi connectivity index (χ0v) is 14.3. The number of hydrogen-bond acceptors (Lipinski definition) is 7. The Labute approximate surface area is 145 Å². The van der Waals surface area contributed by atoms with Crippen LogP contribution >= 0.6 is 11.8 Å². The molecule has 24 heavy (non-hydrogen) atoms. The van der Waals surface area contributed by atoms with Gasteiger partial charge < -0.3 is 24.4 Å². The SMILES string of the molecule is CSc1ccc(OCC(O)CO[C@H]2[C@@H]3CC(=O)O[C@@H]3C[C@@H]2O)cc1. The first-order valence-corrected chi connectivity index (χ1v) is 9.23. The Balaban J connectivity index is 1.43. The van der Waals surface area contributed by atoms with E-state index in [1.807, 2.05) is 30.5 Å². The summed E-state index contributed by atoms with van der Waals surface area (Å²) in [6, 6.07) is 7.61. The van der Waals surface area contributed by atoms with E-state index in [9.17, 15) is 15.0 Å². The summed E-state index contributed by atoms with van der Waals surface area (Å²) in [6.07, 6.45) is 0.450. The van der Waals surface area contributed by atoms with E-state index in [1.165, 1.54) is 0 Å². The predicted octanol–water partition coefficient (Wildman–Crippen LogP) is 1.23. The van der Waals surface area contributed by atoms with E-state index in [0.29, 0.717) is 12.2 Å². The van der Waals surface area contributed by atoms with E-state index in [2.05, 4.69) is 0 Å². The van der Waals surface area contributed by atoms with Crippen LogP contribution in [0.3, 0.4) is 0 Å². The summed E-state index contributed by atoms with van der Waals surface area (Å²) in [5.41, 5.74) is 0. The number of hydrogen-bond donors (Lipinski definition) is 2. The van der Waals surface area contributed by atoms with Gasteiger partial charge in [-0.2, -0.15) is 0 Å². The van der Waals surface area contributed by atoms with Crippen LogP contribution < -0.4 is 4.74 Å². The molecule has 1 saturated heterocycles. The number of aliphatic hydroxyl groups is 2. The van der Waals surface area contributed by atoms with E-state index >= 15 is 0 Å². The van der Waals surface area contributed by atoms with Crippen LogP contribution in [0.25, 0.3) is 0 Å². The van der Waals surface area contributed by atoms with Gasteiger partial charge in [0.1, 0.15) is 24.6 Å². The van der Waals surface area contributed by atoms with Crippen molar-refractivity contribution in [1.29, 1.82) is 0 Å². The first-order chi connectivity index (χ1) is 11.6. The molecule has 2 aliphatic rings. The van der Waals surface area contributed by atoms with Crippen molar-refractivity contribution in [3.8, 4) is 5.75 Å². The number of benzene rings is 1. The molecular weight excluding hydrogens is 332 g/mol. The lowest BCUT2D eigenvalue weighted by Gasteiger charge is -2.22. The summed E-state index contributed by atoms with van der Waals surface area (Å²) >= 11 is 1.65. The molecule has 2 fully saturated rings. The molecule has 0 aromatic heterocycles. The lowest BCUT2D eigenvalue weighted by Crippen LogP contribution is -2.34. The molecule has 3 rings (SSSR count). The van der Waals surface area contributed by atoms with Gasteiger partial charge in [-0.15, -0.1) is 11.8 Å². The molecule has 5 atom stereocenters. The Bertz CT molecular complexity index is 563. The molecule has 0 amide bonds. The number of carbonyl (C=O) groups is 1. The molecule has 1 unspecified atom stereocenters. The average Bonchev–Trinajstić information content (AvgIpc) is 3.06. The van der Waals surface area contributed by atoms with Crippen molar-refractivity contribution >= 4 is 17.7 Å². The van der Waals surface area contributed by atoms with Gasteiger partial charge in [-0.3, -0.25) is 4.79 Å². The number of aliphatic hydroxyl groups excluding tert-OH is 2. The first kappa shape index (κ1) is 17.5. The van der Waals surface area contributed by atoms with Crippen LogP contribution in [0.5, 0.6) is 5.75 Å². The number of carbonyl (C=O) groups excluding carboxylic acids is 1. The maximum absolute atomic E-state index is 11.3. The molecule has 132 valence electrons. The van der Waals surface area contributed by atoms with Gasteiger partial charge in [0.15, 0.2) is 0 Å². The van der Waals surface area contributed by atoms with Gasteiger partial charge in [-0.1, -0.05) is 0 Å². The molecule has 1 heterocycles.